The van der Waals surface area contributed by atoms with Crippen LogP contribution < -0.4 is 9.64 Å². The van der Waals surface area contributed by atoms with E-state index in [1.807, 2.05) is 18.6 Å². The third kappa shape index (κ3) is 5.81. The molecule has 1 unspecified atom stereocenters. The molecule has 0 fully saturated rings. The highest BCUT2D eigenvalue weighted by molar-refractivity contribution is 5.73. The summed E-state index contributed by atoms with van der Waals surface area (Å²) < 4.78 is 44.4. The average molecular weight is 403 g/mol. The van der Waals surface area contributed by atoms with Crippen molar-refractivity contribution in [3.63, 3.8) is 0 Å². The second-order valence-corrected chi connectivity index (χ2v) is 5.96. The van der Waals surface area contributed by atoms with Crippen molar-refractivity contribution in [2.75, 3.05) is 32.3 Å². The molecule has 9 nitrogen and oxygen atoms in total. The number of aliphatic carboxylic acids is 1. The van der Waals surface area contributed by atoms with Gasteiger partial charge in [-0.2, -0.15) is 13.2 Å². The fourth-order valence-corrected chi connectivity index (χ4v) is 2.68. The summed E-state index contributed by atoms with van der Waals surface area (Å²) in [5, 5.41) is 7.12. The van der Waals surface area contributed by atoms with Gasteiger partial charge in [-0.25, -0.2) is 19.7 Å². The van der Waals surface area contributed by atoms with Gasteiger partial charge >= 0.3 is 12.1 Å². The quantitative estimate of drug-likeness (QED) is 0.821. The molecule has 1 aliphatic rings. The van der Waals surface area contributed by atoms with Gasteiger partial charge in [-0.05, 0) is 0 Å². The lowest BCUT2D eigenvalue weighted by atomic mass is 10.1. The normalized spacial score (nSPS) is 16.5. The van der Waals surface area contributed by atoms with Crippen molar-refractivity contribution in [3.8, 4) is 5.88 Å². The van der Waals surface area contributed by atoms with Crippen LogP contribution in [0.5, 0.6) is 5.88 Å². The van der Waals surface area contributed by atoms with Crippen LogP contribution in [0.2, 0.25) is 0 Å². The van der Waals surface area contributed by atoms with E-state index >= 15 is 0 Å². The summed E-state index contributed by atoms with van der Waals surface area (Å²) in [7, 11) is 3.34. The lowest BCUT2D eigenvalue weighted by molar-refractivity contribution is -0.192. The predicted molar refractivity (Wildman–Crippen MR) is 90.9 cm³/mol. The summed E-state index contributed by atoms with van der Waals surface area (Å²) in [6.07, 6.45) is 0.227. The van der Waals surface area contributed by atoms with Gasteiger partial charge in [0.15, 0.2) is 0 Å². The maximum atomic E-state index is 10.6. The first-order valence-corrected chi connectivity index (χ1v) is 8.13. The van der Waals surface area contributed by atoms with Gasteiger partial charge in [0.2, 0.25) is 5.88 Å². The summed E-state index contributed by atoms with van der Waals surface area (Å²) in [5.41, 5.74) is 1.17. The van der Waals surface area contributed by atoms with Crippen LogP contribution in [0.1, 0.15) is 5.69 Å². The number of rotatable bonds is 4. The van der Waals surface area contributed by atoms with Gasteiger partial charge < -0.3 is 24.0 Å². The number of halogens is 3. The Kier molecular flexibility index (Phi) is 7.15. The van der Waals surface area contributed by atoms with E-state index in [2.05, 4.69) is 24.4 Å². The Morgan fingerprint density at radius 1 is 1.32 bits per heavy atom. The van der Waals surface area contributed by atoms with E-state index in [4.69, 9.17) is 19.4 Å². The fraction of sp³-hybridized carbons (Fsp3) is 0.500. The molecule has 0 spiro atoms. The van der Waals surface area contributed by atoms with Crippen molar-refractivity contribution in [1.82, 2.24) is 19.5 Å². The van der Waals surface area contributed by atoms with Gasteiger partial charge in [0, 0.05) is 38.4 Å². The molecule has 1 atom stereocenters. The molecule has 0 aliphatic carbocycles. The number of imidazole rings is 1. The van der Waals surface area contributed by atoms with Crippen LogP contribution in [0.15, 0.2) is 24.9 Å². The van der Waals surface area contributed by atoms with Crippen LogP contribution in [-0.4, -0.2) is 64.1 Å². The summed E-state index contributed by atoms with van der Waals surface area (Å²) in [6, 6.07) is 1.86. The van der Waals surface area contributed by atoms with Crippen LogP contribution >= 0.6 is 0 Å². The number of methoxy groups -OCH3 is 2. The largest absolute Gasteiger partial charge is 0.490 e. The molecule has 0 bridgehead atoms. The monoisotopic (exact) mass is 403 g/mol. The van der Waals surface area contributed by atoms with Gasteiger partial charge in [-0.15, -0.1) is 0 Å². The minimum Gasteiger partial charge on any atom is -0.481 e. The molecule has 3 rings (SSSR count). The summed E-state index contributed by atoms with van der Waals surface area (Å²) >= 11 is 0. The molecule has 1 N–H and O–H groups in total. The highest BCUT2D eigenvalue weighted by Crippen LogP contribution is 2.23. The van der Waals surface area contributed by atoms with Gasteiger partial charge in [0.05, 0.1) is 32.3 Å². The lowest BCUT2D eigenvalue weighted by Crippen LogP contribution is -2.30. The van der Waals surface area contributed by atoms with Crippen LogP contribution in [-0.2, 0) is 22.6 Å². The Labute approximate surface area is 158 Å². The molecule has 154 valence electrons. The molecule has 28 heavy (non-hydrogen) atoms. The first-order valence-electron chi connectivity index (χ1n) is 8.13. The number of anilines is 1. The molecule has 0 amide bonds. The maximum absolute atomic E-state index is 10.6. The minimum absolute atomic E-state index is 0.381. The van der Waals surface area contributed by atoms with E-state index in [9.17, 15) is 13.2 Å². The highest BCUT2D eigenvalue weighted by Gasteiger charge is 2.38. The van der Waals surface area contributed by atoms with Crippen LogP contribution in [0.4, 0.5) is 19.0 Å². The van der Waals surface area contributed by atoms with E-state index in [1.54, 1.807) is 14.2 Å². The number of hydrogen-bond acceptors (Lipinski definition) is 7. The smallest absolute Gasteiger partial charge is 0.481 e. The molecular weight excluding hydrogens is 383 g/mol. The Bertz CT molecular complexity index is 784. The van der Waals surface area contributed by atoms with E-state index in [-0.39, 0.29) is 0 Å². The standard InChI is InChI=1S/C14H19N5O2.C2HF3O2/c1-20-8-11-5-18(7-12-4-15-10-19(12)6-11)13-3-14(21-2)17-9-16-13;3-2(4,5)1(6)7/h3-4,9-11H,5-8H2,1-2H3;(H,6,7). The molecule has 2 aromatic heterocycles. The van der Waals surface area contributed by atoms with E-state index < -0.39 is 12.1 Å². The second kappa shape index (κ2) is 9.35. The number of ether oxygens (including phenoxy) is 2. The number of carbonyl (C=O) groups is 1. The van der Waals surface area contributed by atoms with Gasteiger partial charge in [0.1, 0.15) is 12.1 Å². The zero-order valence-electron chi connectivity index (χ0n) is 15.3. The Balaban J connectivity index is 0.000000345. The Morgan fingerprint density at radius 2 is 2.04 bits per heavy atom. The van der Waals surface area contributed by atoms with E-state index in [0.717, 1.165) is 25.5 Å². The zero-order valence-corrected chi connectivity index (χ0v) is 15.3. The topological polar surface area (TPSA) is 103 Å². The van der Waals surface area contributed by atoms with Gasteiger partial charge in [-0.3, -0.25) is 0 Å². The highest BCUT2D eigenvalue weighted by atomic mass is 19.4. The minimum atomic E-state index is -5.08. The van der Waals surface area contributed by atoms with Crippen LogP contribution in [0.25, 0.3) is 0 Å². The molecule has 0 saturated carbocycles. The van der Waals surface area contributed by atoms with Crippen LogP contribution in [0.3, 0.4) is 0 Å². The third-order valence-corrected chi connectivity index (χ3v) is 3.89. The molecule has 12 heteroatoms. The number of hydrogen-bond donors (Lipinski definition) is 1. The molecule has 0 saturated heterocycles. The number of aromatic nitrogens is 4. The number of fused-ring (bicyclic) bond motifs is 1. The number of carboxylic acid groups (broad SMARTS) is 1. The summed E-state index contributed by atoms with van der Waals surface area (Å²) in [6.45, 7) is 3.24. The number of nitrogens with zero attached hydrogens (tertiary/aromatic N) is 5. The molecule has 1 aliphatic heterocycles. The van der Waals surface area contributed by atoms with E-state index in [0.29, 0.717) is 18.4 Å². The molecule has 0 aromatic carbocycles. The number of alkyl halides is 3. The van der Waals surface area contributed by atoms with Crippen molar-refractivity contribution in [1.29, 1.82) is 0 Å². The SMILES string of the molecule is COCC1CN(c2cc(OC)ncn2)Cc2cncn2C1.O=C(O)C(F)(F)F. The van der Waals surface area contributed by atoms with Crippen molar-refractivity contribution >= 4 is 11.8 Å². The molecule has 3 heterocycles. The number of carboxylic acids is 1. The Morgan fingerprint density at radius 3 is 2.64 bits per heavy atom. The van der Waals surface area contributed by atoms with Crippen molar-refractivity contribution in [3.05, 3.63) is 30.6 Å². The molecular formula is C16H20F3N5O4. The summed E-state index contributed by atoms with van der Waals surface area (Å²) in [4.78, 5) is 23.8. The van der Waals surface area contributed by atoms with Crippen molar-refractivity contribution < 1.29 is 32.5 Å². The maximum Gasteiger partial charge on any atom is 0.490 e. The first-order chi connectivity index (χ1) is 13.2. The molecule has 2 aromatic rings. The summed E-state index contributed by atoms with van der Waals surface area (Å²) in [5.74, 6) is -0.947. The third-order valence-electron chi connectivity index (χ3n) is 3.89. The fourth-order valence-electron chi connectivity index (χ4n) is 2.68. The second-order valence-electron chi connectivity index (χ2n) is 5.96. The van der Waals surface area contributed by atoms with Crippen LogP contribution in [0, 0.1) is 5.92 Å². The molecule has 0 radical (unpaired) electrons. The van der Waals surface area contributed by atoms with Gasteiger partial charge in [-0.1, -0.05) is 0 Å². The first kappa shape index (κ1) is 21.4. The zero-order chi connectivity index (χ0) is 20.7. The van der Waals surface area contributed by atoms with E-state index in [1.165, 1.54) is 12.0 Å². The average Bonchev–Trinajstić information content (AvgIpc) is 3.00. The van der Waals surface area contributed by atoms with Crippen molar-refractivity contribution in [2.24, 2.45) is 5.92 Å². The predicted octanol–water partition coefficient (Wildman–Crippen LogP) is 1.60. The van der Waals surface area contributed by atoms with Crippen molar-refractivity contribution in [2.45, 2.75) is 19.3 Å². The lowest BCUT2D eigenvalue weighted by Gasteiger charge is -2.24. The van der Waals surface area contributed by atoms with Gasteiger partial charge in [0.25, 0.3) is 0 Å². The Hall–Kier alpha value is -2.89.